The number of anilines is 2. The molecule has 29 heavy (non-hydrogen) atoms. The molecule has 0 radical (unpaired) electrons. The first kappa shape index (κ1) is 19.7. The van der Waals surface area contributed by atoms with Crippen molar-refractivity contribution >= 4 is 29.1 Å². The van der Waals surface area contributed by atoms with Gasteiger partial charge in [0.2, 0.25) is 11.8 Å². The largest absolute Gasteiger partial charge is 0.371 e. The molecular formula is C21H29N5O3. The van der Waals surface area contributed by atoms with E-state index in [0.29, 0.717) is 24.3 Å². The van der Waals surface area contributed by atoms with Gasteiger partial charge >= 0.3 is 0 Å². The summed E-state index contributed by atoms with van der Waals surface area (Å²) in [6, 6.07) is 5.64. The van der Waals surface area contributed by atoms with E-state index in [1.54, 1.807) is 0 Å². The Hall–Kier alpha value is -2.61. The number of carbonyl (C=O) groups is 3. The molecule has 3 aliphatic heterocycles. The number of hydrogen-bond donors (Lipinski definition) is 2. The van der Waals surface area contributed by atoms with E-state index in [1.807, 2.05) is 28.0 Å². The van der Waals surface area contributed by atoms with Crippen LogP contribution in [-0.4, -0.2) is 79.9 Å². The minimum atomic E-state index is -0.173. The third kappa shape index (κ3) is 4.70. The van der Waals surface area contributed by atoms with Crippen molar-refractivity contribution in [3.8, 4) is 0 Å². The van der Waals surface area contributed by atoms with Gasteiger partial charge in [-0.1, -0.05) is 0 Å². The second kappa shape index (κ2) is 8.82. The molecule has 8 heteroatoms. The van der Waals surface area contributed by atoms with Crippen LogP contribution in [0.4, 0.5) is 11.4 Å². The summed E-state index contributed by atoms with van der Waals surface area (Å²) in [5.74, 6) is -0.182. The number of nitrogens with one attached hydrogen (secondary N) is 2. The number of likely N-dealkylation sites (tertiary alicyclic amines) is 1. The number of rotatable bonds is 5. The lowest BCUT2D eigenvalue weighted by Gasteiger charge is -2.26. The molecule has 3 aliphatic rings. The second-order valence-corrected chi connectivity index (χ2v) is 8.03. The summed E-state index contributed by atoms with van der Waals surface area (Å²) in [6.07, 6.45) is 4.37. The molecule has 0 spiro atoms. The first-order chi connectivity index (χ1) is 14.1. The number of nitrogens with zero attached hydrogens (tertiary/aromatic N) is 3. The van der Waals surface area contributed by atoms with Crippen molar-refractivity contribution < 1.29 is 14.4 Å². The number of carbonyl (C=O) groups excluding carboxylic acids is 3. The van der Waals surface area contributed by atoms with Gasteiger partial charge in [0, 0.05) is 50.6 Å². The van der Waals surface area contributed by atoms with Gasteiger partial charge in [0.25, 0.3) is 5.91 Å². The summed E-state index contributed by atoms with van der Waals surface area (Å²) >= 11 is 0. The van der Waals surface area contributed by atoms with E-state index in [-0.39, 0.29) is 30.8 Å². The fourth-order valence-electron chi connectivity index (χ4n) is 4.34. The fourth-order valence-corrected chi connectivity index (χ4v) is 4.34. The normalized spacial score (nSPS) is 20.1. The minimum Gasteiger partial charge on any atom is -0.371 e. The van der Waals surface area contributed by atoms with E-state index in [0.717, 1.165) is 57.5 Å². The minimum absolute atomic E-state index is 0.0493. The Kier molecular flexibility index (Phi) is 5.99. The van der Waals surface area contributed by atoms with E-state index in [2.05, 4.69) is 15.5 Å². The Morgan fingerprint density at radius 1 is 1.00 bits per heavy atom. The van der Waals surface area contributed by atoms with Gasteiger partial charge in [-0.05, 0) is 43.9 Å². The van der Waals surface area contributed by atoms with E-state index in [9.17, 15) is 14.4 Å². The predicted octanol–water partition coefficient (Wildman–Crippen LogP) is 0.893. The summed E-state index contributed by atoms with van der Waals surface area (Å²) in [7, 11) is 0. The van der Waals surface area contributed by atoms with Gasteiger partial charge in [0.15, 0.2) is 0 Å². The second-order valence-electron chi connectivity index (χ2n) is 8.03. The highest BCUT2D eigenvalue weighted by Gasteiger charge is 2.26. The molecule has 3 amide bonds. The zero-order valence-corrected chi connectivity index (χ0v) is 16.8. The van der Waals surface area contributed by atoms with Crippen molar-refractivity contribution in [3.63, 3.8) is 0 Å². The molecule has 3 heterocycles. The smallest absolute Gasteiger partial charge is 0.256 e. The van der Waals surface area contributed by atoms with E-state index in [1.165, 1.54) is 0 Å². The number of amides is 3. The highest BCUT2D eigenvalue weighted by molar-refractivity contribution is 6.02. The van der Waals surface area contributed by atoms with Crippen LogP contribution in [0.3, 0.4) is 0 Å². The van der Waals surface area contributed by atoms with E-state index >= 15 is 0 Å². The third-order valence-corrected chi connectivity index (χ3v) is 5.84. The first-order valence-corrected chi connectivity index (χ1v) is 10.6. The van der Waals surface area contributed by atoms with Gasteiger partial charge in [-0.15, -0.1) is 0 Å². The molecule has 3 fully saturated rings. The van der Waals surface area contributed by atoms with Crippen LogP contribution in [0.25, 0.3) is 0 Å². The maximum atomic E-state index is 13.1. The molecule has 1 aromatic rings. The Morgan fingerprint density at radius 2 is 1.72 bits per heavy atom. The Morgan fingerprint density at radius 3 is 2.45 bits per heavy atom. The van der Waals surface area contributed by atoms with Crippen LogP contribution in [0.2, 0.25) is 0 Å². The molecular weight excluding hydrogens is 370 g/mol. The van der Waals surface area contributed by atoms with Gasteiger partial charge in [0.1, 0.15) is 0 Å². The summed E-state index contributed by atoms with van der Waals surface area (Å²) in [4.78, 5) is 43.1. The molecule has 4 rings (SSSR count). The highest BCUT2D eigenvalue weighted by atomic mass is 16.2. The molecule has 0 aliphatic carbocycles. The summed E-state index contributed by atoms with van der Waals surface area (Å²) in [5.41, 5.74) is 2.26. The standard InChI is InChI=1S/C21H29N5O3/c27-19-14-24(12-7-22-19)15-20(28)23-16-5-6-18(25-8-1-2-9-25)17(13-16)21(29)26-10-3-4-11-26/h5-6,13H,1-4,7-12,14-15H2,(H,22,27)(H,23,28). The van der Waals surface area contributed by atoms with Gasteiger partial charge in [-0.2, -0.15) is 0 Å². The maximum absolute atomic E-state index is 13.1. The van der Waals surface area contributed by atoms with Crippen molar-refractivity contribution in [2.75, 3.05) is 62.6 Å². The van der Waals surface area contributed by atoms with E-state index < -0.39 is 0 Å². The van der Waals surface area contributed by atoms with Gasteiger partial charge in [-0.25, -0.2) is 0 Å². The summed E-state index contributed by atoms with van der Waals surface area (Å²) < 4.78 is 0. The molecule has 2 N–H and O–H groups in total. The molecule has 0 unspecified atom stereocenters. The zero-order valence-electron chi connectivity index (χ0n) is 16.8. The van der Waals surface area contributed by atoms with E-state index in [4.69, 9.17) is 0 Å². The van der Waals surface area contributed by atoms with Crippen LogP contribution in [0.5, 0.6) is 0 Å². The van der Waals surface area contributed by atoms with Crippen LogP contribution in [-0.2, 0) is 9.59 Å². The van der Waals surface area contributed by atoms with Crippen molar-refractivity contribution in [3.05, 3.63) is 23.8 Å². The van der Waals surface area contributed by atoms with Crippen molar-refractivity contribution in [1.82, 2.24) is 15.1 Å². The first-order valence-electron chi connectivity index (χ1n) is 10.6. The van der Waals surface area contributed by atoms with Crippen LogP contribution in [0.15, 0.2) is 18.2 Å². The van der Waals surface area contributed by atoms with Crippen molar-refractivity contribution in [2.24, 2.45) is 0 Å². The average molecular weight is 399 g/mol. The topological polar surface area (TPSA) is 85.0 Å². The van der Waals surface area contributed by atoms with Gasteiger partial charge in [-0.3, -0.25) is 19.3 Å². The Labute approximate surface area is 171 Å². The maximum Gasteiger partial charge on any atom is 0.256 e. The van der Waals surface area contributed by atoms with Crippen molar-refractivity contribution in [1.29, 1.82) is 0 Å². The molecule has 0 saturated carbocycles. The zero-order chi connectivity index (χ0) is 20.2. The lowest BCUT2D eigenvalue weighted by molar-refractivity contribution is -0.125. The van der Waals surface area contributed by atoms with Crippen LogP contribution >= 0.6 is 0 Å². The monoisotopic (exact) mass is 399 g/mol. The highest BCUT2D eigenvalue weighted by Crippen LogP contribution is 2.29. The Bertz CT molecular complexity index is 785. The van der Waals surface area contributed by atoms with Crippen molar-refractivity contribution in [2.45, 2.75) is 25.7 Å². The van der Waals surface area contributed by atoms with Crippen LogP contribution in [0.1, 0.15) is 36.0 Å². The van der Waals surface area contributed by atoms with Crippen LogP contribution in [0, 0.1) is 0 Å². The number of hydrogen-bond acceptors (Lipinski definition) is 5. The molecule has 1 aromatic carbocycles. The molecule has 156 valence electrons. The Balaban J connectivity index is 1.49. The average Bonchev–Trinajstić information content (AvgIpc) is 3.41. The van der Waals surface area contributed by atoms with Gasteiger partial charge < -0.3 is 20.4 Å². The van der Waals surface area contributed by atoms with Crippen LogP contribution < -0.4 is 15.5 Å². The molecule has 0 bridgehead atoms. The van der Waals surface area contributed by atoms with Gasteiger partial charge in [0.05, 0.1) is 18.7 Å². The summed E-state index contributed by atoms with van der Waals surface area (Å²) in [6.45, 7) is 5.14. The molecule has 0 aromatic heterocycles. The lowest BCUT2D eigenvalue weighted by Crippen LogP contribution is -2.49. The SMILES string of the molecule is O=C1CN(CC(=O)Nc2ccc(N3CCCC3)c(C(=O)N3CCCC3)c2)CCN1. The number of piperazine rings is 1. The third-order valence-electron chi connectivity index (χ3n) is 5.84. The summed E-state index contributed by atoms with van der Waals surface area (Å²) in [5, 5.41) is 5.66. The lowest BCUT2D eigenvalue weighted by atomic mass is 10.1. The molecule has 3 saturated heterocycles. The predicted molar refractivity (Wildman–Crippen MR) is 111 cm³/mol. The fraction of sp³-hybridized carbons (Fsp3) is 0.571. The molecule has 8 nitrogen and oxygen atoms in total. The quantitative estimate of drug-likeness (QED) is 0.768. The number of benzene rings is 1. The molecule has 0 atom stereocenters.